The van der Waals surface area contributed by atoms with Gasteiger partial charge in [-0.3, -0.25) is 4.98 Å². The summed E-state index contributed by atoms with van der Waals surface area (Å²) in [6.07, 6.45) is 3.74. The van der Waals surface area contributed by atoms with Gasteiger partial charge in [-0.05, 0) is 24.7 Å². The fourth-order valence-electron chi connectivity index (χ4n) is 2.59. The molecule has 1 atom stereocenters. The quantitative estimate of drug-likeness (QED) is 0.825. The Kier molecular flexibility index (Phi) is 4.91. The van der Waals surface area contributed by atoms with Gasteiger partial charge in [-0.1, -0.05) is 13.8 Å². The summed E-state index contributed by atoms with van der Waals surface area (Å²) >= 11 is 0. The van der Waals surface area contributed by atoms with E-state index in [1.807, 2.05) is 12.4 Å². The van der Waals surface area contributed by atoms with E-state index in [4.69, 9.17) is 0 Å². The highest BCUT2D eigenvalue weighted by molar-refractivity contribution is 5.20. The van der Waals surface area contributed by atoms with Crippen LogP contribution in [0.4, 0.5) is 0 Å². The lowest BCUT2D eigenvalue weighted by Gasteiger charge is -2.32. The van der Waals surface area contributed by atoms with Gasteiger partial charge in [0.15, 0.2) is 0 Å². The number of piperazine rings is 1. The maximum Gasteiger partial charge on any atom is 0.0320 e. The number of rotatable bonds is 5. The molecule has 0 aliphatic carbocycles. The summed E-state index contributed by atoms with van der Waals surface area (Å²) < 4.78 is 0. The van der Waals surface area contributed by atoms with Gasteiger partial charge in [0.05, 0.1) is 0 Å². The molecule has 2 N–H and O–H groups in total. The Morgan fingerprint density at radius 1 is 1.42 bits per heavy atom. The van der Waals surface area contributed by atoms with Crippen LogP contribution in [0.2, 0.25) is 0 Å². The van der Waals surface area contributed by atoms with Gasteiger partial charge in [-0.25, -0.2) is 0 Å². The Balaban J connectivity index is 1.78. The maximum atomic E-state index is 4.09. The third-order valence-electron chi connectivity index (χ3n) is 3.88. The lowest BCUT2D eigenvalue weighted by Crippen LogP contribution is -2.53. The van der Waals surface area contributed by atoms with Crippen molar-refractivity contribution in [3.63, 3.8) is 0 Å². The number of hydrogen-bond donors (Lipinski definition) is 2. The largest absolute Gasteiger partial charge is 0.314 e. The van der Waals surface area contributed by atoms with Crippen molar-refractivity contribution in [2.45, 2.75) is 25.3 Å². The molecule has 1 aromatic heterocycles. The first-order valence-electron chi connectivity index (χ1n) is 7.11. The molecule has 0 saturated carbocycles. The van der Waals surface area contributed by atoms with Crippen molar-refractivity contribution >= 4 is 0 Å². The highest BCUT2D eigenvalue weighted by Crippen LogP contribution is 2.21. The third-order valence-corrected chi connectivity index (χ3v) is 3.88. The molecule has 0 spiro atoms. The first-order valence-corrected chi connectivity index (χ1v) is 7.11. The van der Waals surface area contributed by atoms with Crippen LogP contribution in [-0.4, -0.2) is 55.7 Å². The first-order chi connectivity index (χ1) is 9.08. The molecule has 106 valence electrons. The van der Waals surface area contributed by atoms with E-state index in [1.54, 1.807) is 0 Å². The van der Waals surface area contributed by atoms with Gasteiger partial charge >= 0.3 is 0 Å². The lowest BCUT2D eigenvalue weighted by atomic mass is 9.85. The van der Waals surface area contributed by atoms with Crippen LogP contribution in [0.15, 0.2) is 24.5 Å². The van der Waals surface area contributed by atoms with Crippen LogP contribution in [0.1, 0.15) is 19.4 Å². The van der Waals surface area contributed by atoms with Crippen molar-refractivity contribution in [3.8, 4) is 0 Å². The van der Waals surface area contributed by atoms with E-state index < -0.39 is 0 Å². The molecule has 1 aliphatic heterocycles. The van der Waals surface area contributed by atoms with E-state index in [0.717, 1.165) is 32.7 Å². The fraction of sp³-hybridized carbons (Fsp3) is 0.667. The predicted octanol–water partition coefficient (Wildman–Crippen LogP) is 0.852. The second-order valence-electron chi connectivity index (χ2n) is 6.16. The molecule has 19 heavy (non-hydrogen) atoms. The molecule has 1 aromatic rings. The Hall–Kier alpha value is -0.970. The van der Waals surface area contributed by atoms with Gasteiger partial charge in [0.1, 0.15) is 0 Å². The van der Waals surface area contributed by atoms with Crippen molar-refractivity contribution in [3.05, 3.63) is 30.1 Å². The summed E-state index contributed by atoms with van der Waals surface area (Å²) in [6, 6.07) is 4.77. The van der Waals surface area contributed by atoms with Crippen LogP contribution in [0, 0.1) is 0 Å². The standard InChI is InChI=1S/C15H26N4/c1-15(2,13-4-6-16-7-5-13)12-17-10-14-11-19(3)9-8-18-14/h4-7,14,17-18H,8-12H2,1-3H3. The molecule has 4 nitrogen and oxygen atoms in total. The molecule has 2 rings (SSSR count). The van der Waals surface area contributed by atoms with E-state index in [9.17, 15) is 0 Å². The van der Waals surface area contributed by atoms with Crippen LogP contribution in [0.5, 0.6) is 0 Å². The van der Waals surface area contributed by atoms with Crippen LogP contribution in [0.25, 0.3) is 0 Å². The zero-order valence-electron chi connectivity index (χ0n) is 12.3. The highest BCUT2D eigenvalue weighted by atomic mass is 15.2. The van der Waals surface area contributed by atoms with Crippen LogP contribution < -0.4 is 10.6 Å². The van der Waals surface area contributed by atoms with Crippen LogP contribution >= 0.6 is 0 Å². The molecule has 1 fully saturated rings. The second-order valence-corrected chi connectivity index (χ2v) is 6.16. The topological polar surface area (TPSA) is 40.2 Å². The molecule has 1 saturated heterocycles. The minimum atomic E-state index is 0.142. The van der Waals surface area contributed by atoms with E-state index in [-0.39, 0.29) is 5.41 Å². The van der Waals surface area contributed by atoms with Gasteiger partial charge in [-0.15, -0.1) is 0 Å². The molecule has 0 bridgehead atoms. The maximum absolute atomic E-state index is 4.09. The van der Waals surface area contributed by atoms with Crippen molar-refractivity contribution in [1.82, 2.24) is 20.5 Å². The van der Waals surface area contributed by atoms with Gasteiger partial charge < -0.3 is 15.5 Å². The highest BCUT2D eigenvalue weighted by Gasteiger charge is 2.21. The molecule has 0 radical (unpaired) electrons. The molecule has 1 aliphatic rings. The molecule has 2 heterocycles. The number of aromatic nitrogens is 1. The minimum absolute atomic E-state index is 0.142. The number of likely N-dealkylation sites (N-methyl/N-ethyl adjacent to an activating group) is 1. The summed E-state index contributed by atoms with van der Waals surface area (Å²) in [4.78, 5) is 6.47. The SMILES string of the molecule is CN1CCNC(CNCC(C)(C)c2ccncc2)C1. The van der Waals surface area contributed by atoms with Crippen molar-refractivity contribution in [2.75, 3.05) is 39.8 Å². The zero-order chi connectivity index (χ0) is 13.7. The number of pyridine rings is 1. The molecule has 0 aromatic carbocycles. The van der Waals surface area contributed by atoms with Gasteiger partial charge in [0.2, 0.25) is 0 Å². The predicted molar refractivity (Wildman–Crippen MR) is 79.4 cm³/mol. The monoisotopic (exact) mass is 262 g/mol. The number of nitrogens with zero attached hydrogens (tertiary/aromatic N) is 2. The Morgan fingerprint density at radius 2 is 2.16 bits per heavy atom. The number of hydrogen-bond acceptors (Lipinski definition) is 4. The molecule has 0 amide bonds. The van der Waals surface area contributed by atoms with E-state index in [2.05, 4.69) is 53.5 Å². The summed E-state index contributed by atoms with van der Waals surface area (Å²) in [6.45, 7) is 9.93. The molecular weight excluding hydrogens is 236 g/mol. The smallest absolute Gasteiger partial charge is 0.0320 e. The lowest BCUT2D eigenvalue weighted by molar-refractivity contribution is 0.233. The Bertz CT molecular complexity index is 377. The zero-order valence-corrected chi connectivity index (χ0v) is 12.3. The summed E-state index contributed by atoms with van der Waals surface area (Å²) in [5.41, 5.74) is 1.48. The average molecular weight is 262 g/mol. The van der Waals surface area contributed by atoms with Crippen LogP contribution in [-0.2, 0) is 5.41 Å². The van der Waals surface area contributed by atoms with Crippen molar-refractivity contribution < 1.29 is 0 Å². The number of nitrogens with one attached hydrogen (secondary N) is 2. The van der Waals surface area contributed by atoms with Gasteiger partial charge in [-0.2, -0.15) is 0 Å². The normalized spacial score (nSPS) is 21.5. The van der Waals surface area contributed by atoms with Crippen LogP contribution in [0.3, 0.4) is 0 Å². The summed E-state index contributed by atoms with van der Waals surface area (Å²) in [7, 11) is 2.19. The third kappa shape index (κ3) is 4.27. The average Bonchev–Trinajstić information content (AvgIpc) is 2.40. The molecule has 4 heteroatoms. The van der Waals surface area contributed by atoms with E-state index >= 15 is 0 Å². The fourth-order valence-corrected chi connectivity index (χ4v) is 2.59. The Morgan fingerprint density at radius 3 is 2.84 bits per heavy atom. The van der Waals surface area contributed by atoms with Gasteiger partial charge in [0.25, 0.3) is 0 Å². The molecule has 1 unspecified atom stereocenters. The Labute approximate surface area is 116 Å². The first kappa shape index (κ1) is 14.4. The second kappa shape index (κ2) is 6.46. The minimum Gasteiger partial charge on any atom is -0.314 e. The summed E-state index contributed by atoms with van der Waals surface area (Å²) in [5.74, 6) is 0. The van der Waals surface area contributed by atoms with E-state index in [0.29, 0.717) is 6.04 Å². The van der Waals surface area contributed by atoms with Crippen molar-refractivity contribution in [2.24, 2.45) is 0 Å². The summed E-state index contributed by atoms with van der Waals surface area (Å²) in [5, 5.41) is 7.17. The molecular formula is C15H26N4. The van der Waals surface area contributed by atoms with Crippen molar-refractivity contribution in [1.29, 1.82) is 0 Å². The van der Waals surface area contributed by atoms with Gasteiger partial charge in [0, 0.05) is 56.6 Å². The van der Waals surface area contributed by atoms with E-state index in [1.165, 1.54) is 5.56 Å².